The third-order valence-electron chi connectivity index (χ3n) is 5.73. The summed E-state index contributed by atoms with van der Waals surface area (Å²) in [4.78, 5) is 0. The topological polar surface area (TPSA) is 90.2 Å². The van der Waals surface area contributed by atoms with Crippen molar-refractivity contribution >= 4 is 0 Å². The van der Waals surface area contributed by atoms with Crippen LogP contribution in [0.15, 0.2) is 42.5 Å². The molecule has 0 saturated heterocycles. The first-order valence-corrected chi connectivity index (χ1v) is 11.4. The number of aryl methyl sites for hydroxylation is 1. The van der Waals surface area contributed by atoms with Crippen LogP contribution in [-0.2, 0) is 6.42 Å². The summed E-state index contributed by atoms with van der Waals surface area (Å²) in [7, 11) is 0. The van der Waals surface area contributed by atoms with Crippen LogP contribution in [0.1, 0.15) is 81.4 Å². The van der Waals surface area contributed by atoms with Gasteiger partial charge in [0.05, 0.1) is 6.10 Å². The Morgan fingerprint density at radius 2 is 1.35 bits per heavy atom. The van der Waals surface area contributed by atoms with Crippen LogP contribution in [0.25, 0.3) is 0 Å². The molecule has 1 atom stereocenters. The van der Waals surface area contributed by atoms with Crippen LogP contribution >= 0.6 is 0 Å². The van der Waals surface area contributed by atoms with Crippen LogP contribution in [-0.4, -0.2) is 20.4 Å². The Morgan fingerprint density at radius 1 is 0.710 bits per heavy atom. The Balaban J connectivity index is 1.79. The SMILES string of the molecule is Oc1cc2cc(c1)Oc1c(O)cc(cc1O)[C@H](O)CCCCCCC=CCCCCC2. The smallest absolute Gasteiger partial charge is 0.210 e. The highest BCUT2D eigenvalue weighted by Gasteiger charge is 2.17. The zero-order valence-corrected chi connectivity index (χ0v) is 18.1. The molecule has 2 aromatic carbocycles. The Kier molecular flexibility index (Phi) is 8.65. The monoisotopic (exact) mass is 426 g/mol. The molecular weight excluding hydrogens is 392 g/mol. The van der Waals surface area contributed by atoms with Crippen molar-refractivity contribution in [2.45, 2.75) is 76.7 Å². The Labute approximate surface area is 184 Å². The number of aliphatic hydroxyl groups is 1. The van der Waals surface area contributed by atoms with Crippen molar-refractivity contribution in [2.75, 3.05) is 0 Å². The van der Waals surface area contributed by atoms with Gasteiger partial charge in [0, 0.05) is 6.07 Å². The molecule has 0 aromatic heterocycles. The largest absolute Gasteiger partial charge is 0.508 e. The lowest BCUT2D eigenvalue weighted by atomic mass is 10.0. The third kappa shape index (κ3) is 7.21. The fourth-order valence-electron chi connectivity index (χ4n) is 4.01. The van der Waals surface area contributed by atoms with Gasteiger partial charge in [-0.15, -0.1) is 0 Å². The molecule has 31 heavy (non-hydrogen) atoms. The standard InChI is InChI=1S/C26H34O5/c27-21-14-19-12-10-8-6-4-2-1-3-5-7-9-11-13-23(28)20-16-24(29)26(25(30)17-20)31-22(15-19)18-21/h1-2,14-18,23,27-30H,3-13H2/t23-/m1/s1. The summed E-state index contributed by atoms with van der Waals surface area (Å²) in [5.41, 5.74) is 1.41. The fourth-order valence-corrected chi connectivity index (χ4v) is 4.01. The zero-order chi connectivity index (χ0) is 22.1. The number of hydrogen-bond acceptors (Lipinski definition) is 5. The van der Waals surface area contributed by atoms with E-state index in [0.717, 1.165) is 69.8 Å². The molecule has 4 N–H and O–H groups in total. The number of fused-ring (bicyclic) bond motifs is 14. The second-order valence-corrected chi connectivity index (χ2v) is 8.40. The van der Waals surface area contributed by atoms with Gasteiger partial charge in [-0.3, -0.25) is 0 Å². The van der Waals surface area contributed by atoms with Gasteiger partial charge in [0.25, 0.3) is 0 Å². The van der Waals surface area contributed by atoms with Crippen LogP contribution in [0.2, 0.25) is 0 Å². The molecule has 4 rings (SSSR count). The summed E-state index contributed by atoms with van der Waals surface area (Å²) in [5.74, 6) is -0.142. The van der Waals surface area contributed by atoms with Crippen molar-refractivity contribution in [3.63, 3.8) is 0 Å². The zero-order valence-electron chi connectivity index (χ0n) is 18.1. The number of aliphatic hydroxyl groups excluding tert-OH is 1. The quantitative estimate of drug-likeness (QED) is 0.354. The van der Waals surface area contributed by atoms with Crippen molar-refractivity contribution in [1.82, 2.24) is 0 Å². The van der Waals surface area contributed by atoms with Gasteiger partial charge in [-0.1, -0.05) is 37.8 Å². The number of benzene rings is 2. The first-order chi connectivity index (χ1) is 15.0. The summed E-state index contributed by atoms with van der Waals surface area (Å²) in [6.07, 6.45) is 14.9. The number of aromatic hydroxyl groups is 3. The second-order valence-electron chi connectivity index (χ2n) is 8.40. The van der Waals surface area contributed by atoms with E-state index in [0.29, 0.717) is 17.7 Å². The van der Waals surface area contributed by atoms with E-state index in [1.807, 2.05) is 6.07 Å². The van der Waals surface area contributed by atoms with Crippen LogP contribution in [0.4, 0.5) is 0 Å². The van der Waals surface area contributed by atoms with Crippen molar-refractivity contribution in [3.8, 4) is 28.7 Å². The molecule has 0 unspecified atom stereocenters. The average Bonchev–Trinajstić information content (AvgIpc) is 2.72. The number of phenolic OH excluding ortho intramolecular Hbond substituents is 3. The van der Waals surface area contributed by atoms with Crippen LogP contribution in [0, 0.1) is 0 Å². The highest BCUT2D eigenvalue weighted by atomic mass is 16.5. The van der Waals surface area contributed by atoms with Gasteiger partial charge in [-0.05, 0) is 80.3 Å². The van der Waals surface area contributed by atoms with Gasteiger partial charge in [0.2, 0.25) is 5.75 Å². The van der Waals surface area contributed by atoms with Gasteiger partial charge in [-0.25, -0.2) is 0 Å². The van der Waals surface area contributed by atoms with Gasteiger partial charge in [0.15, 0.2) is 11.5 Å². The Hall–Kier alpha value is -2.66. The van der Waals surface area contributed by atoms with E-state index in [-0.39, 0.29) is 23.0 Å². The Morgan fingerprint density at radius 3 is 2.06 bits per heavy atom. The van der Waals surface area contributed by atoms with E-state index in [1.165, 1.54) is 18.2 Å². The maximum absolute atomic E-state index is 10.5. The first kappa shape index (κ1) is 23.0. The summed E-state index contributed by atoms with van der Waals surface area (Å²) < 4.78 is 5.71. The number of rotatable bonds is 0. The molecule has 5 heteroatoms. The molecule has 2 heterocycles. The maximum atomic E-state index is 10.5. The summed E-state index contributed by atoms with van der Waals surface area (Å²) >= 11 is 0. The molecule has 2 aromatic rings. The number of hydrogen-bond donors (Lipinski definition) is 4. The summed E-state index contributed by atoms with van der Waals surface area (Å²) in [6, 6.07) is 7.84. The van der Waals surface area contributed by atoms with E-state index in [2.05, 4.69) is 12.2 Å². The lowest BCUT2D eigenvalue weighted by Gasteiger charge is -2.16. The van der Waals surface area contributed by atoms with Gasteiger partial charge >= 0.3 is 0 Å². The van der Waals surface area contributed by atoms with E-state index in [9.17, 15) is 20.4 Å². The fraction of sp³-hybridized carbons (Fsp3) is 0.462. The van der Waals surface area contributed by atoms with Crippen molar-refractivity contribution < 1.29 is 25.2 Å². The number of ether oxygens (including phenoxy) is 1. The van der Waals surface area contributed by atoms with Crippen molar-refractivity contribution in [1.29, 1.82) is 0 Å². The molecule has 0 radical (unpaired) electrons. The average molecular weight is 427 g/mol. The molecule has 2 aliphatic rings. The molecular formula is C26H34O5. The van der Waals surface area contributed by atoms with E-state index >= 15 is 0 Å². The van der Waals surface area contributed by atoms with Crippen molar-refractivity contribution in [3.05, 3.63) is 53.6 Å². The third-order valence-corrected chi connectivity index (χ3v) is 5.73. The minimum Gasteiger partial charge on any atom is -0.508 e. The van der Waals surface area contributed by atoms with Crippen LogP contribution in [0.5, 0.6) is 28.7 Å². The predicted octanol–water partition coefficient (Wildman–Crippen LogP) is 6.64. The summed E-state index contributed by atoms with van der Waals surface area (Å²) in [5, 5.41) is 41.3. The number of allylic oxidation sites excluding steroid dienone is 2. The molecule has 168 valence electrons. The highest BCUT2D eigenvalue weighted by molar-refractivity contribution is 5.55. The molecule has 4 bridgehead atoms. The normalized spacial score (nSPS) is 19.2. The first-order valence-electron chi connectivity index (χ1n) is 11.4. The van der Waals surface area contributed by atoms with Gasteiger partial charge < -0.3 is 25.2 Å². The predicted molar refractivity (Wildman–Crippen MR) is 122 cm³/mol. The number of phenols is 3. The van der Waals surface area contributed by atoms with E-state index in [1.54, 1.807) is 6.07 Å². The maximum Gasteiger partial charge on any atom is 0.210 e. The Bertz CT molecular complexity index is 851. The molecule has 0 spiro atoms. The minimum absolute atomic E-state index is 0.0795. The lowest BCUT2D eigenvalue weighted by molar-refractivity contribution is 0.162. The molecule has 0 amide bonds. The second kappa shape index (κ2) is 11.7. The van der Waals surface area contributed by atoms with E-state index in [4.69, 9.17) is 4.74 Å². The van der Waals surface area contributed by atoms with Crippen molar-refractivity contribution in [2.24, 2.45) is 0 Å². The molecule has 0 fully saturated rings. The molecule has 5 nitrogen and oxygen atoms in total. The van der Waals surface area contributed by atoms with Crippen LogP contribution in [0.3, 0.4) is 0 Å². The molecule has 0 saturated carbocycles. The van der Waals surface area contributed by atoms with E-state index < -0.39 is 6.10 Å². The lowest BCUT2D eigenvalue weighted by Crippen LogP contribution is -1.98. The minimum atomic E-state index is -0.754. The van der Waals surface area contributed by atoms with Crippen LogP contribution < -0.4 is 4.74 Å². The van der Waals surface area contributed by atoms with Gasteiger partial charge in [-0.2, -0.15) is 0 Å². The molecule has 2 aliphatic heterocycles. The molecule has 0 aliphatic carbocycles. The summed E-state index contributed by atoms with van der Waals surface area (Å²) in [6.45, 7) is 0. The highest BCUT2D eigenvalue weighted by Crippen LogP contribution is 2.42. The van der Waals surface area contributed by atoms with Gasteiger partial charge in [0.1, 0.15) is 11.5 Å².